The van der Waals surface area contributed by atoms with Gasteiger partial charge in [0.1, 0.15) is 0 Å². The number of hydrogen-bond acceptors (Lipinski definition) is 2. The molecule has 0 fully saturated rings. The van der Waals surface area contributed by atoms with E-state index in [1.54, 1.807) is 0 Å². The lowest BCUT2D eigenvalue weighted by atomic mass is 9.88. The molecule has 0 saturated carbocycles. The highest BCUT2D eigenvalue weighted by molar-refractivity contribution is 7.80. The summed E-state index contributed by atoms with van der Waals surface area (Å²) >= 11 is 4.76. The molecule has 0 heterocycles. The Morgan fingerprint density at radius 3 is 1.75 bits per heavy atom. The molecule has 0 aliphatic rings. The van der Waals surface area contributed by atoms with Crippen LogP contribution < -0.4 is 0 Å². The van der Waals surface area contributed by atoms with Gasteiger partial charge in [0.15, 0.2) is 0 Å². The van der Waals surface area contributed by atoms with Crippen LogP contribution in [0.4, 0.5) is 0 Å². The fraction of sp³-hybridized carbons (Fsp3) is 0.0952. The zero-order chi connectivity index (χ0) is 17.0. The molecule has 3 heteroatoms. The SMILES string of the molecule is Cc1c(C)c(C(=O)O)c2c3ccccc3c3ccccc3c2c1S. The molecule has 0 amide bonds. The van der Waals surface area contributed by atoms with E-state index in [1.807, 2.05) is 50.2 Å². The molecular weight excluding hydrogens is 316 g/mol. The Bertz CT molecular complexity index is 1160. The lowest BCUT2D eigenvalue weighted by Gasteiger charge is -2.18. The van der Waals surface area contributed by atoms with E-state index < -0.39 is 5.97 Å². The molecule has 118 valence electrons. The van der Waals surface area contributed by atoms with Gasteiger partial charge in [0.25, 0.3) is 0 Å². The molecular formula is C21H16O2S. The standard InChI is InChI=1S/C21H16O2S/c1-11-12(2)20(24)19-16-10-6-4-8-14(16)13-7-3-5-9-15(13)18(19)17(11)21(22)23/h3-10,24H,1-2H3,(H,22,23). The molecule has 24 heavy (non-hydrogen) atoms. The number of carboxylic acids is 1. The highest BCUT2D eigenvalue weighted by atomic mass is 32.1. The van der Waals surface area contributed by atoms with Crippen LogP contribution in [0.15, 0.2) is 53.4 Å². The van der Waals surface area contributed by atoms with Gasteiger partial charge in [0.2, 0.25) is 0 Å². The van der Waals surface area contributed by atoms with Gasteiger partial charge in [-0.25, -0.2) is 4.79 Å². The van der Waals surface area contributed by atoms with Crippen molar-refractivity contribution in [3.63, 3.8) is 0 Å². The van der Waals surface area contributed by atoms with E-state index in [1.165, 1.54) is 0 Å². The van der Waals surface area contributed by atoms with Crippen molar-refractivity contribution in [2.45, 2.75) is 18.7 Å². The van der Waals surface area contributed by atoms with Crippen LogP contribution in [0.5, 0.6) is 0 Å². The lowest BCUT2D eigenvalue weighted by Crippen LogP contribution is -2.05. The van der Waals surface area contributed by atoms with Crippen LogP contribution in [0.3, 0.4) is 0 Å². The summed E-state index contributed by atoms with van der Waals surface area (Å²) in [5.74, 6) is -0.894. The molecule has 0 saturated heterocycles. The number of fused-ring (bicyclic) bond motifs is 6. The van der Waals surface area contributed by atoms with Crippen molar-refractivity contribution >= 4 is 50.9 Å². The summed E-state index contributed by atoms with van der Waals surface area (Å²) in [7, 11) is 0. The third-order valence-electron chi connectivity index (χ3n) is 4.93. The highest BCUT2D eigenvalue weighted by Gasteiger charge is 2.21. The summed E-state index contributed by atoms with van der Waals surface area (Å²) in [5.41, 5.74) is 2.08. The van der Waals surface area contributed by atoms with Crippen molar-refractivity contribution in [2.24, 2.45) is 0 Å². The molecule has 0 bridgehead atoms. The van der Waals surface area contributed by atoms with E-state index in [2.05, 4.69) is 12.1 Å². The molecule has 0 radical (unpaired) electrons. The minimum atomic E-state index is -0.894. The molecule has 1 N–H and O–H groups in total. The van der Waals surface area contributed by atoms with Gasteiger partial charge in [-0.15, -0.1) is 12.6 Å². The Balaban J connectivity index is 2.50. The van der Waals surface area contributed by atoms with E-state index in [-0.39, 0.29) is 0 Å². The van der Waals surface area contributed by atoms with Crippen molar-refractivity contribution in [3.8, 4) is 0 Å². The van der Waals surface area contributed by atoms with E-state index >= 15 is 0 Å². The first-order valence-corrected chi connectivity index (χ1v) is 8.25. The Morgan fingerprint density at radius 1 is 0.792 bits per heavy atom. The topological polar surface area (TPSA) is 37.3 Å². The summed E-state index contributed by atoms with van der Waals surface area (Å²) in [6.07, 6.45) is 0. The molecule has 0 aromatic heterocycles. The molecule has 0 spiro atoms. The Morgan fingerprint density at radius 2 is 1.25 bits per heavy atom. The van der Waals surface area contributed by atoms with E-state index in [0.717, 1.165) is 48.3 Å². The molecule has 0 aliphatic carbocycles. The summed E-state index contributed by atoms with van der Waals surface area (Å²) in [4.78, 5) is 12.9. The second kappa shape index (κ2) is 5.25. The summed E-state index contributed by atoms with van der Waals surface area (Å²) in [6, 6.07) is 16.1. The number of carboxylic acid groups (broad SMARTS) is 1. The van der Waals surface area contributed by atoms with Gasteiger partial charge < -0.3 is 5.11 Å². The maximum Gasteiger partial charge on any atom is 0.336 e. The summed E-state index contributed by atoms with van der Waals surface area (Å²) in [5, 5.41) is 15.8. The maximum absolute atomic E-state index is 12.1. The highest BCUT2D eigenvalue weighted by Crippen LogP contribution is 2.42. The van der Waals surface area contributed by atoms with Crippen LogP contribution in [-0.4, -0.2) is 11.1 Å². The van der Waals surface area contributed by atoms with Gasteiger partial charge in [-0.3, -0.25) is 0 Å². The first-order valence-electron chi connectivity index (χ1n) is 7.81. The van der Waals surface area contributed by atoms with Crippen LogP contribution in [0.25, 0.3) is 32.3 Å². The van der Waals surface area contributed by atoms with E-state index in [0.29, 0.717) is 5.56 Å². The van der Waals surface area contributed by atoms with Gasteiger partial charge in [-0.1, -0.05) is 48.5 Å². The molecule has 0 unspecified atom stereocenters. The molecule has 4 aromatic carbocycles. The van der Waals surface area contributed by atoms with Crippen molar-refractivity contribution in [1.82, 2.24) is 0 Å². The minimum absolute atomic E-state index is 0.377. The van der Waals surface area contributed by atoms with Crippen molar-refractivity contribution in [1.29, 1.82) is 0 Å². The quantitative estimate of drug-likeness (QED) is 0.344. The van der Waals surface area contributed by atoms with Crippen molar-refractivity contribution < 1.29 is 9.90 Å². The molecule has 2 nitrogen and oxygen atoms in total. The van der Waals surface area contributed by atoms with Gasteiger partial charge in [0.05, 0.1) is 5.56 Å². The number of rotatable bonds is 1. The zero-order valence-corrected chi connectivity index (χ0v) is 14.3. The average molecular weight is 332 g/mol. The Kier molecular flexibility index (Phi) is 3.29. The number of thiol groups is 1. The number of benzene rings is 4. The van der Waals surface area contributed by atoms with Crippen molar-refractivity contribution in [2.75, 3.05) is 0 Å². The van der Waals surface area contributed by atoms with Crippen LogP contribution >= 0.6 is 12.6 Å². The smallest absolute Gasteiger partial charge is 0.336 e. The number of aromatic carboxylic acids is 1. The fourth-order valence-corrected chi connectivity index (χ4v) is 4.05. The molecule has 0 aliphatic heterocycles. The van der Waals surface area contributed by atoms with Gasteiger partial charge in [0, 0.05) is 15.7 Å². The average Bonchev–Trinajstić information content (AvgIpc) is 2.59. The maximum atomic E-state index is 12.1. The molecule has 4 aromatic rings. The van der Waals surface area contributed by atoms with Crippen LogP contribution in [0.1, 0.15) is 21.5 Å². The molecule has 4 rings (SSSR count). The Labute approximate surface area is 145 Å². The summed E-state index contributed by atoms with van der Waals surface area (Å²) in [6.45, 7) is 3.80. The third-order valence-corrected chi connectivity index (χ3v) is 5.49. The number of carbonyl (C=O) groups is 1. The van der Waals surface area contributed by atoms with E-state index in [4.69, 9.17) is 12.6 Å². The zero-order valence-electron chi connectivity index (χ0n) is 13.4. The first kappa shape index (κ1) is 15.0. The molecule has 0 atom stereocenters. The predicted molar refractivity (Wildman–Crippen MR) is 103 cm³/mol. The van der Waals surface area contributed by atoms with Crippen LogP contribution in [0, 0.1) is 13.8 Å². The van der Waals surface area contributed by atoms with Gasteiger partial charge in [-0.05, 0) is 46.5 Å². The fourth-order valence-electron chi connectivity index (χ4n) is 3.65. The predicted octanol–water partition coefficient (Wildman–Crippen LogP) is 5.75. The second-order valence-electron chi connectivity index (χ2n) is 6.12. The first-order chi connectivity index (χ1) is 11.5. The number of hydrogen-bond donors (Lipinski definition) is 2. The van der Waals surface area contributed by atoms with Gasteiger partial charge in [-0.2, -0.15) is 0 Å². The van der Waals surface area contributed by atoms with Crippen LogP contribution in [-0.2, 0) is 0 Å². The lowest BCUT2D eigenvalue weighted by molar-refractivity contribution is 0.0698. The second-order valence-corrected chi connectivity index (χ2v) is 6.57. The normalized spacial score (nSPS) is 11.5. The van der Waals surface area contributed by atoms with Crippen molar-refractivity contribution in [3.05, 3.63) is 65.2 Å². The Hall–Kier alpha value is -2.52. The largest absolute Gasteiger partial charge is 0.478 e. The van der Waals surface area contributed by atoms with E-state index in [9.17, 15) is 9.90 Å². The van der Waals surface area contributed by atoms with Gasteiger partial charge >= 0.3 is 5.97 Å². The summed E-state index contributed by atoms with van der Waals surface area (Å²) < 4.78 is 0. The monoisotopic (exact) mass is 332 g/mol. The van der Waals surface area contributed by atoms with Crippen LogP contribution in [0.2, 0.25) is 0 Å². The third kappa shape index (κ3) is 1.88. The minimum Gasteiger partial charge on any atom is -0.478 e.